The molecule has 0 saturated heterocycles. The Bertz CT molecular complexity index is 1040. The van der Waals surface area contributed by atoms with E-state index in [1.165, 1.54) is 12.1 Å². The summed E-state index contributed by atoms with van der Waals surface area (Å²) >= 11 is 18.2. The lowest BCUT2D eigenvalue weighted by atomic mass is 9.95. The highest BCUT2D eigenvalue weighted by molar-refractivity contribution is 7.89. The Balaban J connectivity index is 2.05. The lowest BCUT2D eigenvalue weighted by Gasteiger charge is -2.26. The van der Waals surface area contributed by atoms with Gasteiger partial charge in [-0.25, -0.2) is 13.1 Å². The van der Waals surface area contributed by atoms with E-state index < -0.39 is 22.1 Å². The van der Waals surface area contributed by atoms with Gasteiger partial charge in [0.05, 0.1) is 22.1 Å². The third kappa shape index (κ3) is 4.69. The first-order chi connectivity index (χ1) is 13.3. The molecule has 0 heterocycles. The van der Waals surface area contributed by atoms with Gasteiger partial charge in [0.1, 0.15) is 4.90 Å². The monoisotopic (exact) mass is 454 g/mol. The quantitative estimate of drug-likeness (QED) is 0.525. The van der Waals surface area contributed by atoms with Crippen LogP contribution in [0.4, 0.5) is 0 Å². The van der Waals surface area contributed by atoms with Crippen LogP contribution >= 0.6 is 34.8 Å². The van der Waals surface area contributed by atoms with Gasteiger partial charge < -0.3 is 5.73 Å². The molecule has 0 bridgehead atoms. The number of hydrogen-bond donors (Lipinski definition) is 2. The molecule has 0 aliphatic heterocycles. The number of benzene rings is 3. The number of nitrogens with one attached hydrogen (secondary N) is 1. The Morgan fingerprint density at radius 1 is 0.786 bits per heavy atom. The second-order valence-corrected chi connectivity index (χ2v) is 9.05. The number of rotatable bonds is 6. The van der Waals surface area contributed by atoms with Crippen LogP contribution in [0, 0.1) is 0 Å². The highest BCUT2D eigenvalue weighted by Gasteiger charge is 2.30. The zero-order chi connectivity index (χ0) is 20.3. The maximum Gasteiger partial charge on any atom is 0.244 e. The van der Waals surface area contributed by atoms with Crippen molar-refractivity contribution in [2.75, 3.05) is 0 Å². The van der Waals surface area contributed by atoms with Crippen LogP contribution in [0.3, 0.4) is 0 Å². The van der Waals surface area contributed by atoms with E-state index in [2.05, 4.69) is 4.72 Å². The molecule has 0 radical (unpaired) electrons. The van der Waals surface area contributed by atoms with Crippen molar-refractivity contribution in [3.8, 4) is 0 Å². The minimum absolute atomic E-state index is 0.0647. The molecule has 0 aliphatic rings. The van der Waals surface area contributed by atoms with Gasteiger partial charge in [-0.05, 0) is 23.3 Å². The Morgan fingerprint density at radius 3 is 1.75 bits per heavy atom. The fourth-order valence-electron chi connectivity index (χ4n) is 2.89. The standard InChI is InChI=1S/C20H17Cl3N2O2S/c21-15-11-16(22)20(17(23)12-15)28(26,27)25-19(14-9-5-2-6-10-14)18(24)13-7-3-1-4-8-13/h1-12,18-19,25H,24H2. The molecule has 3 rings (SSSR count). The van der Waals surface area contributed by atoms with Crippen molar-refractivity contribution in [3.05, 3.63) is 99.0 Å². The highest BCUT2D eigenvalue weighted by Crippen LogP contribution is 2.35. The van der Waals surface area contributed by atoms with Crippen LogP contribution in [0.5, 0.6) is 0 Å². The normalized spacial score (nSPS) is 13.9. The smallest absolute Gasteiger partial charge is 0.244 e. The van der Waals surface area contributed by atoms with Crippen LogP contribution in [0.1, 0.15) is 23.2 Å². The van der Waals surface area contributed by atoms with Gasteiger partial charge in [-0.2, -0.15) is 0 Å². The summed E-state index contributed by atoms with van der Waals surface area (Å²) < 4.78 is 28.9. The molecule has 2 atom stereocenters. The van der Waals surface area contributed by atoms with E-state index in [-0.39, 0.29) is 20.0 Å². The first-order valence-electron chi connectivity index (χ1n) is 8.32. The average molecular weight is 456 g/mol. The van der Waals surface area contributed by atoms with Gasteiger partial charge in [-0.15, -0.1) is 0 Å². The SMILES string of the molecule is NC(c1ccccc1)C(NS(=O)(=O)c1c(Cl)cc(Cl)cc1Cl)c1ccccc1. The van der Waals surface area contributed by atoms with Gasteiger partial charge in [0.25, 0.3) is 0 Å². The summed E-state index contributed by atoms with van der Waals surface area (Å²) in [5.41, 5.74) is 7.94. The molecular weight excluding hydrogens is 439 g/mol. The van der Waals surface area contributed by atoms with Crippen molar-refractivity contribution in [1.82, 2.24) is 4.72 Å². The summed E-state index contributed by atoms with van der Waals surface area (Å²) in [5.74, 6) is 0. The molecule has 3 aromatic carbocycles. The Kier molecular flexibility index (Phi) is 6.65. The molecule has 0 fully saturated rings. The summed E-state index contributed by atoms with van der Waals surface area (Å²) in [6, 6.07) is 19.6. The van der Waals surface area contributed by atoms with Crippen molar-refractivity contribution in [1.29, 1.82) is 0 Å². The van der Waals surface area contributed by atoms with Crippen LogP contribution in [0.25, 0.3) is 0 Å². The molecule has 2 unspecified atom stereocenters. The van der Waals surface area contributed by atoms with Crippen LogP contribution < -0.4 is 10.5 Å². The van der Waals surface area contributed by atoms with Crippen molar-refractivity contribution in [2.45, 2.75) is 17.0 Å². The van der Waals surface area contributed by atoms with Crippen LogP contribution in [-0.2, 0) is 10.0 Å². The van der Waals surface area contributed by atoms with Crippen molar-refractivity contribution in [3.63, 3.8) is 0 Å². The summed E-state index contributed by atoms with van der Waals surface area (Å²) in [6.07, 6.45) is 0. The fraction of sp³-hybridized carbons (Fsp3) is 0.100. The molecule has 4 nitrogen and oxygen atoms in total. The zero-order valence-electron chi connectivity index (χ0n) is 14.5. The second kappa shape index (κ2) is 8.82. The lowest BCUT2D eigenvalue weighted by molar-refractivity contribution is 0.504. The van der Waals surface area contributed by atoms with Crippen LogP contribution in [0.2, 0.25) is 15.1 Å². The van der Waals surface area contributed by atoms with E-state index >= 15 is 0 Å². The summed E-state index contributed by atoms with van der Waals surface area (Å²) in [4.78, 5) is -0.235. The van der Waals surface area contributed by atoms with Gasteiger partial charge >= 0.3 is 0 Å². The minimum atomic E-state index is -4.09. The topological polar surface area (TPSA) is 72.2 Å². The fourth-order valence-corrected chi connectivity index (χ4v) is 5.68. The van der Waals surface area contributed by atoms with E-state index in [0.29, 0.717) is 5.56 Å². The minimum Gasteiger partial charge on any atom is -0.322 e. The van der Waals surface area contributed by atoms with Crippen molar-refractivity contribution in [2.24, 2.45) is 5.73 Å². The Morgan fingerprint density at radius 2 is 1.25 bits per heavy atom. The Labute approximate surface area is 179 Å². The molecule has 8 heteroatoms. The van der Waals surface area contributed by atoms with Crippen molar-refractivity contribution < 1.29 is 8.42 Å². The molecule has 0 spiro atoms. The van der Waals surface area contributed by atoms with Gasteiger partial charge in [0, 0.05) is 5.02 Å². The molecule has 28 heavy (non-hydrogen) atoms. The van der Waals surface area contributed by atoms with E-state index in [0.717, 1.165) is 5.56 Å². The maximum absolute atomic E-state index is 13.1. The maximum atomic E-state index is 13.1. The van der Waals surface area contributed by atoms with Crippen LogP contribution in [0.15, 0.2) is 77.7 Å². The average Bonchev–Trinajstić information content (AvgIpc) is 2.66. The zero-order valence-corrected chi connectivity index (χ0v) is 17.6. The first-order valence-corrected chi connectivity index (χ1v) is 10.9. The third-order valence-electron chi connectivity index (χ3n) is 4.22. The predicted molar refractivity (Wildman–Crippen MR) is 114 cm³/mol. The van der Waals surface area contributed by atoms with E-state index in [9.17, 15) is 8.42 Å². The Hall–Kier alpha value is -1.60. The number of halogens is 3. The molecule has 0 aliphatic carbocycles. The second-order valence-electron chi connectivity index (χ2n) is 6.14. The first kappa shape index (κ1) is 21.1. The van der Waals surface area contributed by atoms with Gasteiger partial charge in [0.15, 0.2) is 0 Å². The summed E-state index contributed by atoms with van der Waals surface area (Å²) in [7, 11) is -4.09. The van der Waals surface area contributed by atoms with Gasteiger partial charge in [0.2, 0.25) is 10.0 Å². The molecule has 0 aromatic heterocycles. The van der Waals surface area contributed by atoms with E-state index in [1.54, 1.807) is 12.1 Å². The summed E-state index contributed by atoms with van der Waals surface area (Å²) in [5, 5.41) is 0.115. The van der Waals surface area contributed by atoms with Crippen LogP contribution in [-0.4, -0.2) is 8.42 Å². The molecular formula is C20H17Cl3N2O2S. The molecule has 3 N–H and O–H groups in total. The molecule has 146 valence electrons. The number of nitrogens with two attached hydrogens (primary N) is 1. The van der Waals surface area contributed by atoms with E-state index in [4.69, 9.17) is 40.5 Å². The third-order valence-corrected chi connectivity index (χ3v) is 6.80. The number of sulfonamides is 1. The van der Waals surface area contributed by atoms with E-state index in [1.807, 2.05) is 48.5 Å². The predicted octanol–water partition coefficient (Wildman–Crippen LogP) is 5.37. The van der Waals surface area contributed by atoms with Crippen molar-refractivity contribution >= 4 is 44.8 Å². The molecule has 0 amide bonds. The van der Waals surface area contributed by atoms with Gasteiger partial charge in [-0.1, -0.05) is 95.5 Å². The number of hydrogen-bond acceptors (Lipinski definition) is 3. The highest BCUT2D eigenvalue weighted by atomic mass is 35.5. The molecule has 0 saturated carbocycles. The summed E-state index contributed by atoms with van der Waals surface area (Å²) in [6.45, 7) is 0. The van der Waals surface area contributed by atoms with Gasteiger partial charge in [-0.3, -0.25) is 0 Å². The largest absolute Gasteiger partial charge is 0.322 e. The molecule has 3 aromatic rings. The lowest BCUT2D eigenvalue weighted by Crippen LogP contribution is -2.36.